The summed E-state index contributed by atoms with van der Waals surface area (Å²) in [6.07, 6.45) is 2.23. The third-order valence-electron chi connectivity index (χ3n) is 4.26. The Bertz CT molecular complexity index is 973. The lowest BCUT2D eigenvalue weighted by molar-refractivity contribution is 0.0732. The van der Waals surface area contributed by atoms with Crippen LogP contribution in [0, 0.1) is 6.92 Å². The zero-order valence-corrected chi connectivity index (χ0v) is 13.5. The van der Waals surface area contributed by atoms with Gasteiger partial charge in [-0.05, 0) is 24.5 Å². The number of carbonyl (C=O) groups is 1. The summed E-state index contributed by atoms with van der Waals surface area (Å²) >= 11 is 1.40. The molecule has 0 saturated heterocycles. The Balaban J connectivity index is 1.72. The van der Waals surface area contributed by atoms with Crippen molar-refractivity contribution in [2.45, 2.75) is 19.9 Å². The molecule has 0 N–H and O–H groups in total. The van der Waals surface area contributed by atoms with Crippen LogP contribution >= 0.6 is 11.3 Å². The minimum Gasteiger partial charge on any atom is -0.334 e. The number of nitrogens with zero attached hydrogens (tertiary/aromatic N) is 3. The van der Waals surface area contributed by atoms with Gasteiger partial charge in [-0.15, -0.1) is 11.3 Å². The monoisotopic (exact) mass is 325 g/mol. The van der Waals surface area contributed by atoms with Gasteiger partial charge in [-0.25, -0.2) is 4.98 Å². The van der Waals surface area contributed by atoms with Gasteiger partial charge in [0.05, 0.1) is 0 Å². The number of rotatable bonds is 1. The molecule has 0 radical (unpaired) electrons. The summed E-state index contributed by atoms with van der Waals surface area (Å²) in [6, 6.07) is 8.12. The van der Waals surface area contributed by atoms with Gasteiger partial charge < -0.3 is 4.90 Å². The third kappa shape index (κ3) is 2.26. The van der Waals surface area contributed by atoms with E-state index in [4.69, 9.17) is 0 Å². The number of carbonyl (C=O) groups excluding carboxylic acids is 1. The molecule has 0 saturated carbocycles. The van der Waals surface area contributed by atoms with E-state index >= 15 is 0 Å². The van der Waals surface area contributed by atoms with Crippen LogP contribution in [-0.2, 0) is 13.0 Å². The molecular weight excluding hydrogens is 310 g/mol. The highest BCUT2D eigenvalue weighted by Crippen LogP contribution is 2.20. The zero-order valence-electron chi connectivity index (χ0n) is 12.7. The highest BCUT2D eigenvalue weighted by Gasteiger charge is 2.24. The maximum atomic E-state index is 12.8. The Morgan fingerprint density at radius 3 is 2.87 bits per heavy atom. The highest BCUT2D eigenvalue weighted by atomic mass is 32.1. The van der Waals surface area contributed by atoms with Gasteiger partial charge in [0.1, 0.15) is 5.56 Å². The van der Waals surface area contributed by atoms with E-state index in [0.717, 1.165) is 17.7 Å². The topological polar surface area (TPSA) is 54.7 Å². The summed E-state index contributed by atoms with van der Waals surface area (Å²) in [5.41, 5.74) is 3.09. The molecule has 2 aromatic heterocycles. The Morgan fingerprint density at radius 1 is 1.26 bits per heavy atom. The largest absolute Gasteiger partial charge is 0.334 e. The number of aromatic nitrogens is 2. The molecule has 0 bridgehead atoms. The maximum absolute atomic E-state index is 12.8. The molecule has 1 aliphatic heterocycles. The zero-order chi connectivity index (χ0) is 16.0. The van der Waals surface area contributed by atoms with Crippen LogP contribution in [0.3, 0.4) is 0 Å². The summed E-state index contributed by atoms with van der Waals surface area (Å²) in [5.74, 6) is -0.239. The molecule has 0 aliphatic carbocycles. The third-order valence-corrected chi connectivity index (χ3v) is 5.22. The van der Waals surface area contributed by atoms with E-state index in [1.165, 1.54) is 27.5 Å². The predicted molar refractivity (Wildman–Crippen MR) is 89.0 cm³/mol. The first kappa shape index (κ1) is 14.1. The van der Waals surface area contributed by atoms with Crippen LogP contribution < -0.4 is 5.56 Å². The second-order valence-corrected chi connectivity index (χ2v) is 6.55. The van der Waals surface area contributed by atoms with Gasteiger partial charge in [0.2, 0.25) is 0 Å². The van der Waals surface area contributed by atoms with Gasteiger partial charge in [-0.2, -0.15) is 0 Å². The van der Waals surface area contributed by atoms with Gasteiger partial charge in [0.15, 0.2) is 4.96 Å². The second kappa shape index (κ2) is 5.31. The molecule has 0 unspecified atom stereocenters. The van der Waals surface area contributed by atoms with Crippen LogP contribution in [0.15, 0.2) is 40.6 Å². The van der Waals surface area contributed by atoms with E-state index in [9.17, 15) is 9.59 Å². The summed E-state index contributed by atoms with van der Waals surface area (Å²) < 4.78 is 1.51. The number of aryl methyl sites for hydroxylation is 1. The Morgan fingerprint density at radius 2 is 2.04 bits per heavy atom. The number of thiazole rings is 1. The number of amides is 1. The number of fused-ring (bicyclic) bond motifs is 2. The van der Waals surface area contributed by atoms with Crippen molar-refractivity contribution in [2.24, 2.45) is 0 Å². The van der Waals surface area contributed by atoms with E-state index < -0.39 is 0 Å². The molecule has 6 heteroatoms. The molecule has 1 amide bonds. The van der Waals surface area contributed by atoms with Gasteiger partial charge in [-0.3, -0.25) is 14.0 Å². The average Bonchev–Trinajstić information content (AvgIpc) is 2.96. The SMILES string of the molecule is Cc1csc2ncc(C(=O)N3CCc4ccccc4C3)c(=O)n12. The lowest BCUT2D eigenvalue weighted by Gasteiger charge is -2.28. The van der Waals surface area contributed by atoms with Crippen LogP contribution in [-0.4, -0.2) is 26.7 Å². The molecule has 0 atom stereocenters. The molecule has 1 aromatic carbocycles. The number of hydrogen-bond donors (Lipinski definition) is 0. The Labute approximate surface area is 136 Å². The first-order valence-electron chi connectivity index (χ1n) is 7.47. The van der Waals surface area contributed by atoms with E-state index in [1.54, 1.807) is 4.90 Å². The molecule has 0 fully saturated rings. The van der Waals surface area contributed by atoms with Crippen molar-refractivity contribution in [3.8, 4) is 0 Å². The molecule has 3 heterocycles. The Hall–Kier alpha value is -2.47. The van der Waals surface area contributed by atoms with E-state index in [-0.39, 0.29) is 17.0 Å². The quantitative estimate of drug-likeness (QED) is 0.690. The number of benzene rings is 1. The van der Waals surface area contributed by atoms with Crippen molar-refractivity contribution in [2.75, 3.05) is 6.54 Å². The van der Waals surface area contributed by atoms with Crippen LogP contribution in [0.5, 0.6) is 0 Å². The maximum Gasteiger partial charge on any atom is 0.271 e. The fourth-order valence-corrected chi connectivity index (χ4v) is 3.84. The lowest BCUT2D eigenvalue weighted by Crippen LogP contribution is -2.39. The van der Waals surface area contributed by atoms with Crippen molar-refractivity contribution in [3.63, 3.8) is 0 Å². The van der Waals surface area contributed by atoms with E-state index in [2.05, 4.69) is 11.1 Å². The fraction of sp³-hybridized carbons (Fsp3) is 0.235. The van der Waals surface area contributed by atoms with Crippen molar-refractivity contribution < 1.29 is 4.79 Å². The first-order valence-corrected chi connectivity index (χ1v) is 8.35. The smallest absolute Gasteiger partial charge is 0.271 e. The van der Waals surface area contributed by atoms with Crippen LogP contribution in [0.1, 0.15) is 27.2 Å². The van der Waals surface area contributed by atoms with Crippen LogP contribution in [0.25, 0.3) is 4.96 Å². The second-order valence-electron chi connectivity index (χ2n) is 5.72. The normalized spacial score (nSPS) is 14.0. The minimum atomic E-state index is -0.280. The molecule has 0 spiro atoms. The minimum absolute atomic E-state index is 0.142. The Kier molecular flexibility index (Phi) is 3.27. The molecule has 116 valence electrons. The average molecular weight is 325 g/mol. The van der Waals surface area contributed by atoms with Gasteiger partial charge in [0, 0.05) is 30.4 Å². The van der Waals surface area contributed by atoms with Crippen LogP contribution in [0.4, 0.5) is 0 Å². The van der Waals surface area contributed by atoms with E-state index in [0.29, 0.717) is 18.1 Å². The van der Waals surface area contributed by atoms with Crippen molar-refractivity contribution in [3.05, 3.63) is 68.6 Å². The molecular formula is C17H15N3O2S. The fourth-order valence-electron chi connectivity index (χ4n) is 3.01. The number of hydrogen-bond acceptors (Lipinski definition) is 4. The summed E-state index contributed by atoms with van der Waals surface area (Å²) in [6.45, 7) is 3.01. The summed E-state index contributed by atoms with van der Waals surface area (Å²) in [4.78, 5) is 32.0. The molecule has 23 heavy (non-hydrogen) atoms. The highest BCUT2D eigenvalue weighted by molar-refractivity contribution is 7.15. The van der Waals surface area contributed by atoms with Crippen molar-refractivity contribution in [1.29, 1.82) is 0 Å². The van der Waals surface area contributed by atoms with Gasteiger partial charge in [0.25, 0.3) is 11.5 Å². The van der Waals surface area contributed by atoms with E-state index in [1.807, 2.05) is 30.5 Å². The predicted octanol–water partition coefficient (Wildman–Crippen LogP) is 2.26. The molecule has 5 nitrogen and oxygen atoms in total. The summed E-state index contributed by atoms with van der Waals surface area (Å²) in [7, 11) is 0. The van der Waals surface area contributed by atoms with Crippen LogP contribution in [0.2, 0.25) is 0 Å². The lowest BCUT2D eigenvalue weighted by atomic mass is 9.99. The molecule has 4 rings (SSSR count). The van der Waals surface area contributed by atoms with Crippen molar-refractivity contribution in [1.82, 2.24) is 14.3 Å². The van der Waals surface area contributed by atoms with Gasteiger partial charge in [-0.1, -0.05) is 24.3 Å². The first-order chi connectivity index (χ1) is 11.1. The van der Waals surface area contributed by atoms with Gasteiger partial charge >= 0.3 is 0 Å². The molecule has 3 aromatic rings. The standard InChI is InChI=1S/C17H15N3O2S/c1-11-10-23-17-18-8-14(16(22)20(11)17)15(21)19-7-6-12-4-2-3-5-13(12)9-19/h2-5,8,10H,6-7,9H2,1H3. The molecule has 1 aliphatic rings. The van der Waals surface area contributed by atoms with Crippen molar-refractivity contribution >= 4 is 22.2 Å². The summed E-state index contributed by atoms with van der Waals surface area (Å²) in [5, 5.41) is 1.87.